The fourth-order valence-corrected chi connectivity index (χ4v) is 0. The summed E-state index contributed by atoms with van der Waals surface area (Å²) in [5.41, 5.74) is 0. The van der Waals surface area contributed by atoms with Gasteiger partial charge in [0.25, 0.3) is 0 Å². The molecular formula is H2BCoCrHfPtReTb. The molecule has 0 aromatic carbocycles. The van der Waals surface area contributed by atoms with Gasteiger partial charge in [0, 0.05) is 120 Å². The van der Waals surface area contributed by atoms with Crippen LogP contribution in [-0.2, 0) is 100 Å². The van der Waals surface area contributed by atoms with Crippen LogP contribution in [0.25, 0.3) is 0 Å². The first-order valence-electron chi connectivity index (χ1n) is 0.378. The van der Waals surface area contributed by atoms with Crippen molar-refractivity contribution < 1.29 is 139 Å². The standard InChI is InChI=1S/BH2.Co.Cr.Hf.Pt.Re.Tb/h1H2;;;;;;/q+1;;;;;-1;. The molecule has 0 unspecified atom stereocenters. The van der Waals surface area contributed by atoms with Crippen LogP contribution >= 0.6 is 0 Å². The second-order valence-electron chi connectivity index (χ2n) is 0. The van der Waals surface area contributed by atoms with Gasteiger partial charge in [-0.2, -0.15) is 0 Å². The van der Waals surface area contributed by atoms with Crippen LogP contribution in [0.4, 0.5) is 0 Å². The summed E-state index contributed by atoms with van der Waals surface area (Å²) >= 11 is 1.72. The van der Waals surface area contributed by atoms with Gasteiger partial charge in [0.05, 0.1) is 0 Å². The van der Waals surface area contributed by atoms with E-state index in [2.05, 4.69) is 6.20 Å². The molecule has 0 fully saturated rings. The monoisotopic (exact) mass is 845 g/mol. The van der Waals surface area contributed by atoms with E-state index in [1.165, 1.54) is 0 Å². The van der Waals surface area contributed by atoms with Crippen LogP contribution in [0.5, 0.6) is 0 Å². The molecule has 0 saturated heterocycles. The van der Waals surface area contributed by atoms with Gasteiger partial charge in [-0.05, 0) is 0 Å². The van der Waals surface area contributed by atoms with E-state index in [1.54, 1.807) is 19.0 Å². The molecule has 0 aromatic heterocycles. The fourth-order valence-electron chi connectivity index (χ4n) is 0. The second kappa shape index (κ2) is 46.1. The molecule has 0 amide bonds. The number of rotatable bonds is 0. The summed E-state index contributed by atoms with van der Waals surface area (Å²) in [5, 5.41) is 0. The molecule has 7 heavy (non-hydrogen) atoms. The largest absolute Gasteiger partial charge is 0 e. The molecule has 50 valence electrons. The molecule has 0 bridgehead atoms. The molecule has 0 aliphatic rings. The summed E-state index contributed by atoms with van der Waals surface area (Å²) in [6.07, 6.45) is 2.06. The quantitative estimate of drug-likeness (QED) is 0.277. The van der Waals surface area contributed by atoms with Gasteiger partial charge < -0.3 is 0 Å². The third-order valence-electron chi connectivity index (χ3n) is 0. The van der Waals surface area contributed by atoms with Crippen LogP contribution in [0.1, 0.15) is 0 Å². The SMILES string of the molecule is [BH2][Re].[Co].[Cr].[Hf].[Pt].[Tb]. The zero-order valence-corrected chi connectivity index (χ0v) is 16.3. The molecule has 0 aromatic rings. The van der Waals surface area contributed by atoms with Crippen molar-refractivity contribution in [3.05, 3.63) is 0 Å². The molecular weight excluding hydrogens is 840 g/mol. The Balaban J connectivity index is -0.000000000500. The minimum absolute atomic E-state index is 0. The van der Waals surface area contributed by atoms with Crippen LogP contribution in [0, 0.1) is 38.6 Å². The van der Waals surface area contributed by atoms with Gasteiger partial charge in [0.1, 0.15) is 0 Å². The van der Waals surface area contributed by atoms with Crippen molar-refractivity contribution in [1.82, 2.24) is 0 Å². The predicted molar refractivity (Wildman–Crippen MR) is 8.54 cm³/mol. The van der Waals surface area contributed by atoms with E-state index < -0.39 is 0 Å². The Bertz CT molecular complexity index is 19.7. The fraction of sp³-hybridized carbons (Fsp3) is 0. The average molecular weight is 842 g/mol. The summed E-state index contributed by atoms with van der Waals surface area (Å²) in [4.78, 5) is 0. The minimum Gasteiger partial charge on any atom is 0 e. The number of hydrogen-bond donors (Lipinski definition) is 0. The Morgan fingerprint density at radius 3 is 1.14 bits per heavy atom. The molecule has 0 saturated carbocycles. The van der Waals surface area contributed by atoms with Crippen molar-refractivity contribution >= 4 is 6.20 Å². The molecule has 2 radical (unpaired) electrons. The van der Waals surface area contributed by atoms with Crippen molar-refractivity contribution in [3.63, 3.8) is 0 Å². The van der Waals surface area contributed by atoms with Gasteiger partial charge in [0.2, 0.25) is 0 Å². The van der Waals surface area contributed by atoms with Crippen molar-refractivity contribution in [2.24, 2.45) is 0 Å². The van der Waals surface area contributed by atoms with Crippen molar-refractivity contribution in [1.29, 1.82) is 0 Å². The Morgan fingerprint density at radius 1 is 1.14 bits per heavy atom. The second-order valence-corrected chi connectivity index (χ2v) is 0. The van der Waals surface area contributed by atoms with E-state index >= 15 is 0 Å². The van der Waals surface area contributed by atoms with Gasteiger partial charge in [-0.25, -0.2) is 0 Å². The topological polar surface area (TPSA) is 0 Å². The summed E-state index contributed by atoms with van der Waals surface area (Å²) in [5.74, 6) is 0. The average Bonchev–Trinajstić information content (AvgIpc) is 1.00. The maximum absolute atomic E-state index is 2.06. The Labute approximate surface area is 141 Å². The van der Waals surface area contributed by atoms with Crippen LogP contribution in [0.3, 0.4) is 0 Å². The third kappa shape index (κ3) is 37.0. The molecule has 0 aliphatic carbocycles. The Morgan fingerprint density at radius 2 is 1.14 bits per heavy atom. The van der Waals surface area contributed by atoms with Gasteiger partial charge in [-0.3, -0.25) is 0 Å². The maximum Gasteiger partial charge on any atom is 0 e. The smallest absolute Gasteiger partial charge is 0 e. The number of hydrogen-bond acceptors (Lipinski definition) is 0. The van der Waals surface area contributed by atoms with Crippen molar-refractivity contribution in [2.75, 3.05) is 0 Å². The van der Waals surface area contributed by atoms with Crippen molar-refractivity contribution in [2.45, 2.75) is 0 Å². The van der Waals surface area contributed by atoms with Crippen molar-refractivity contribution in [3.8, 4) is 0 Å². The molecule has 0 atom stereocenters. The first-order chi connectivity index (χ1) is 1.00. The zero-order valence-electron chi connectivity index (χ0n) is 3.27. The predicted octanol–water partition coefficient (Wildman–Crippen LogP) is -0.929. The van der Waals surface area contributed by atoms with Crippen LogP contribution in [-0.4, -0.2) is 6.20 Å². The normalized spacial score (nSPS) is 0.714. The van der Waals surface area contributed by atoms with E-state index in [-0.39, 0.29) is 120 Å². The van der Waals surface area contributed by atoms with Crippen LogP contribution < -0.4 is 0 Å². The summed E-state index contributed by atoms with van der Waals surface area (Å²) < 4.78 is 0. The molecule has 0 heterocycles. The minimum atomic E-state index is 0. The molecule has 0 spiro atoms. The van der Waals surface area contributed by atoms with Gasteiger partial charge in [0.15, 0.2) is 0 Å². The first kappa shape index (κ1) is 41.5. The Hall–Kier alpha value is 4.61. The third-order valence-corrected chi connectivity index (χ3v) is 0. The molecule has 0 aliphatic heterocycles. The molecule has 7 heteroatoms. The Kier molecular flexibility index (Phi) is 274. The molecule has 0 nitrogen and oxygen atoms in total. The summed E-state index contributed by atoms with van der Waals surface area (Å²) in [7, 11) is 0. The maximum atomic E-state index is 2.06. The van der Waals surface area contributed by atoms with Crippen LogP contribution in [0.2, 0.25) is 0 Å². The van der Waals surface area contributed by atoms with Gasteiger partial charge in [-0.1, -0.05) is 0 Å². The zero-order chi connectivity index (χ0) is 2.00. The molecule has 0 N–H and O–H groups in total. The van der Waals surface area contributed by atoms with E-state index in [0.29, 0.717) is 0 Å². The molecule has 0 rings (SSSR count). The van der Waals surface area contributed by atoms with E-state index in [1.807, 2.05) is 0 Å². The van der Waals surface area contributed by atoms with Crippen LogP contribution in [0.15, 0.2) is 0 Å². The van der Waals surface area contributed by atoms with Gasteiger partial charge >= 0.3 is 25.2 Å². The van der Waals surface area contributed by atoms with Gasteiger partial charge in [-0.15, -0.1) is 0 Å². The first-order valence-corrected chi connectivity index (χ1v) is 3.09. The summed E-state index contributed by atoms with van der Waals surface area (Å²) in [6.45, 7) is 0. The van der Waals surface area contributed by atoms with E-state index in [0.717, 1.165) is 0 Å². The van der Waals surface area contributed by atoms with E-state index in [4.69, 9.17) is 0 Å². The summed E-state index contributed by atoms with van der Waals surface area (Å²) in [6, 6.07) is 0. The van der Waals surface area contributed by atoms with E-state index in [9.17, 15) is 0 Å².